The van der Waals surface area contributed by atoms with Gasteiger partial charge in [0, 0.05) is 5.02 Å². The molecule has 2 aromatic rings. The maximum Gasteiger partial charge on any atom is 0.339 e. The standard InChI is InChI=1S/C12H9ClO4/c13-8-3-1-2-7(6-8)10(14)11-9(12(15)16)4-5-17-11/h1-6,10,14H,(H,15,16). The Balaban J connectivity index is 2.40. The second-order valence-electron chi connectivity index (χ2n) is 3.46. The van der Waals surface area contributed by atoms with Gasteiger partial charge in [-0.2, -0.15) is 0 Å². The first-order valence-corrected chi connectivity index (χ1v) is 5.21. The van der Waals surface area contributed by atoms with Crippen LogP contribution in [0.2, 0.25) is 5.02 Å². The van der Waals surface area contributed by atoms with E-state index in [9.17, 15) is 9.90 Å². The summed E-state index contributed by atoms with van der Waals surface area (Å²) in [4.78, 5) is 10.9. The molecule has 2 rings (SSSR count). The van der Waals surface area contributed by atoms with E-state index in [1.165, 1.54) is 12.3 Å². The number of hydrogen-bond donors (Lipinski definition) is 2. The van der Waals surface area contributed by atoms with Crippen LogP contribution in [0.4, 0.5) is 0 Å². The Morgan fingerprint density at radius 2 is 2.12 bits per heavy atom. The van der Waals surface area contributed by atoms with Gasteiger partial charge < -0.3 is 14.6 Å². The lowest BCUT2D eigenvalue weighted by atomic mass is 10.0. The SMILES string of the molecule is O=C(O)c1ccoc1C(O)c1cccc(Cl)c1. The number of carbonyl (C=O) groups is 1. The van der Waals surface area contributed by atoms with Crippen molar-refractivity contribution < 1.29 is 19.4 Å². The van der Waals surface area contributed by atoms with Gasteiger partial charge in [-0.1, -0.05) is 23.7 Å². The van der Waals surface area contributed by atoms with Gasteiger partial charge in [0.1, 0.15) is 11.7 Å². The number of furan rings is 1. The lowest BCUT2D eigenvalue weighted by molar-refractivity contribution is 0.0687. The molecule has 4 nitrogen and oxygen atoms in total. The summed E-state index contributed by atoms with van der Waals surface area (Å²) in [5.74, 6) is -1.14. The Labute approximate surface area is 102 Å². The third kappa shape index (κ3) is 2.33. The van der Waals surface area contributed by atoms with Crippen molar-refractivity contribution in [3.05, 3.63) is 58.5 Å². The van der Waals surface area contributed by atoms with Crippen LogP contribution in [0.5, 0.6) is 0 Å². The first kappa shape index (κ1) is 11.7. The molecule has 5 heteroatoms. The zero-order chi connectivity index (χ0) is 12.4. The molecule has 0 saturated heterocycles. The van der Waals surface area contributed by atoms with Crippen LogP contribution in [-0.2, 0) is 0 Å². The minimum atomic E-state index is -1.14. The molecule has 2 N–H and O–H groups in total. The molecule has 1 heterocycles. The van der Waals surface area contributed by atoms with Crippen LogP contribution in [0, 0.1) is 0 Å². The lowest BCUT2D eigenvalue weighted by Crippen LogP contribution is -2.05. The Kier molecular flexibility index (Phi) is 3.17. The highest BCUT2D eigenvalue weighted by Gasteiger charge is 2.22. The number of halogens is 1. The molecule has 88 valence electrons. The van der Waals surface area contributed by atoms with Gasteiger partial charge in [-0.25, -0.2) is 4.79 Å². The van der Waals surface area contributed by atoms with Gasteiger partial charge in [-0.15, -0.1) is 0 Å². The van der Waals surface area contributed by atoms with Crippen LogP contribution in [0.15, 0.2) is 41.0 Å². The molecule has 17 heavy (non-hydrogen) atoms. The second kappa shape index (κ2) is 4.61. The quantitative estimate of drug-likeness (QED) is 0.881. The van der Waals surface area contributed by atoms with Crippen molar-refractivity contribution in [3.63, 3.8) is 0 Å². The Hall–Kier alpha value is -1.78. The first-order chi connectivity index (χ1) is 8.09. The summed E-state index contributed by atoms with van der Waals surface area (Å²) >= 11 is 5.79. The van der Waals surface area contributed by atoms with E-state index in [-0.39, 0.29) is 11.3 Å². The van der Waals surface area contributed by atoms with Crippen LogP contribution >= 0.6 is 11.6 Å². The molecular weight excluding hydrogens is 244 g/mol. The average molecular weight is 253 g/mol. The summed E-state index contributed by atoms with van der Waals surface area (Å²) in [6, 6.07) is 7.83. The number of hydrogen-bond acceptors (Lipinski definition) is 3. The van der Waals surface area contributed by atoms with Crippen molar-refractivity contribution in [2.24, 2.45) is 0 Å². The van der Waals surface area contributed by atoms with Crippen molar-refractivity contribution >= 4 is 17.6 Å². The van der Waals surface area contributed by atoms with Crippen LogP contribution in [-0.4, -0.2) is 16.2 Å². The number of carboxylic acids is 1. The van der Waals surface area contributed by atoms with Gasteiger partial charge in [-0.3, -0.25) is 0 Å². The van der Waals surface area contributed by atoms with Crippen LogP contribution in [0.25, 0.3) is 0 Å². The van der Waals surface area contributed by atoms with Crippen molar-refractivity contribution in [3.8, 4) is 0 Å². The maximum absolute atomic E-state index is 10.9. The number of rotatable bonds is 3. The average Bonchev–Trinajstić information content (AvgIpc) is 2.77. The normalized spacial score (nSPS) is 12.4. The summed E-state index contributed by atoms with van der Waals surface area (Å²) in [5, 5.41) is 19.4. The number of aliphatic hydroxyl groups excluding tert-OH is 1. The van der Waals surface area contributed by atoms with E-state index in [1.807, 2.05) is 0 Å². The molecule has 1 atom stereocenters. The van der Waals surface area contributed by atoms with Crippen LogP contribution < -0.4 is 0 Å². The molecule has 0 aliphatic carbocycles. The molecule has 0 bridgehead atoms. The highest BCUT2D eigenvalue weighted by Crippen LogP contribution is 2.27. The van der Waals surface area contributed by atoms with Gasteiger partial charge in [0.2, 0.25) is 0 Å². The first-order valence-electron chi connectivity index (χ1n) is 4.84. The molecular formula is C12H9ClO4. The molecule has 0 fully saturated rings. The Morgan fingerprint density at radius 3 is 2.76 bits per heavy atom. The highest BCUT2D eigenvalue weighted by atomic mass is 35.5. The van der Waals surface area contributed by atoms with E-state index >= 15 is 0 Å². The van der Waals surface area contributed by atoms with Crippen molar-refractivity contribution in [1.82, 2.24) is 0 Å². The zero-order valence-electron chi connectivity index (χ0n) is 8.63. The zero-order valence-corrected chi connectivity index (χ0v) is 9.39. The second-order valence-corrected chi connectivity index (χ2v) is 3.90. The van der Waals surface area contributed by atoms with Gasteiger partial charge in [0.25, 0.3) is 0 Å². The van der Waals surface area contributed by atoms with E-state index in [1.54, 1.807) is 24.3 Å². The predicted molar refractivity (Wildman–Crippen MR) is 61.2 cm³/mol. The molecule has 1 unspecified atom stereocenters. The number of carboxylic acid groups (broad SMARTS) is 1. The minimum Gasteiger partial charge on any atom is -0.478 e. The van der Waals surface area contributed by atoms with E-state index in [0.29, 0.717) is 10.6 Å². The molecule has 0 aliphatic rings. The fourth-order valence-corrected chi connectivity index (χ4v) is 1.74. The summed E-state index contributed by atoms with van der Waals surface area (Å²) in [6.45, 7) is 0. The molecule has 0 spiro atoms. The van der Waals surface area contributed by atoms with Crippen LogP contribution in [0.3, 0.4) is 0 Å². The Bertz CT molecular complexity index is 547. The van der Waals surface area contributed by atoms with E-state index in [4.69, 9.17) is 21.1 Å². The summed E-state index contributed by atoms with van der Waals surface area (Å²) in [6.07, 6.45) is 0.0850. The van der Waals surface area contributed by atoms with Crippen molar-refractivity contribution in [1.29, 1.82) is 0 Å². The molecule has 0 amide bonds. The number of benzene rings is 1. The Morgan fingerprint density at radius 1 is 1.35 bits per heavy atom. The monoisotopic (exact) mass is 252 g/mol. The van der Waals surface area contributed by atoms with E-state index < -0.39 is 12.1 Å². The number of aliphatic hydroxyl groups is 1. The predicted octanol–water partition coefficient (Wildman–Crippen LogP) is 2.71. The largest absolute Gasteiger partial charge is 0.478 e. The summed E-state index contributed by atoms with van der Waals surface area (Å²) in [7, 11) is 0. The fraction of sp³-hybridized carbons (Fsp3) is 0.0833. The van der Waals surface area contributed by atoms with E-state index in [2.05, 4.69) is 0 Å². The molecule has 1 aromatic heterocycles. The third-order valence-corrected chi connectivity index (χ3v) is 2.57. The summed E-state index contributed by atoms with van der Waals surface area (Å²) in [5.41, 5.74) is 0.424. The van der Waals surface area contributed by atoms with Crippen LogP contribution in [0.1, 0.15) is 27.8 Å². The van der Waals surface area contributed by atoms with Gasteiger partial charge >= 0.3 is 5.97 Å². The molecule has 0 radical (unpaired) electrons. The lowest BCUT2D eigenvalue weighted by Gasteiger charge is -2.09. The fourth-order valence-electron chi connectivity index (χ4n) is 1.54. The number of aromatic carboxylic acids is 1. The molecule has 1 aromatic carbocycles. The maximum atomic E-state index is 10.9. The van der Waals surface area contributed by atoms with Gasteiger partial charge in [-0.05, 0) is 23.8 Å². The van der Waals surface area contributed by atoms with Gasteiger partial charge in [0.15, 0.2) is 5.76 Å². The molecule has 0 saturated carbocycles. The summed E-state index contributed by atoms with van der Waals surface area (Å²) < 4.78 is 5.01. The topological polar surface area (TPSA) is 70.7 Å². The smallest absolute Gasteiger partial charge is 0.339 e. The third-order valence-electron chi connectivity index (χ3n) is 2.34. The van der Waals surface area contributed by atoms with E-state index in [0.717, 1.165) is 0 Å². The van der Waals surface area contributed by atoms with Crippen molar-refractivity contribution in [2.75, 3.05) is 0 Å². The highest BCUT2D eigenvalue weighted by molar-refractivity contribution is 6.30. The van der Waals surface area contributed by atoms with Crippen molar-refractivity contribution in [2.45, 2.75) is 6.10 Å². The molecule has 0 aliphatic heterocycles. The minimum absolute atomic E-state index is 0.000216. The van der Waals surface area contributed by atoms with Gasteiger partial charge in [0.05, 0.1) is 6.26 Å².